The summed E-state index contributed by atoms with van der Waals surface area (Å²) in [6.07, 6.45) is 0. The largest absolute Gasteiger partial charge is 0.507 e. The summed E-state index contributed by atoms with van der Waals surface area (Å²) < 4.78 is 4.78. The van der Waals surface area contributed by atoms with Crippen molar-refractivity contribution < 1.29 is 14.6 Å². The summed E-state index contributed by atoms with van der Waals surface area (Å²) in [6, 6.07) is 27.9. The number of phenolic OH excluding ortho intramolecular Hbond substituents is 1. The average Bonchev–Trinajstić information content (AvgIpc) is 2.88. The number of nitrogens with zero attached hydrogens (tertiary/aromatic N) is 3. The first-order valence-corrected chi connectivity index (χ1v) is 10.3. The van der Waals surface area contributed by atoms with Crippen LogP contribution in [-0.2, 0) is 4.74 Å². The minimum absolute atomic E-state index is 0.0835. The lowest BCUT2D eigenvalue weighted by atomic mass is 10.1. The Hall–Kier alpha value is -4.58. The van der Waals surface area contributed by atoms with Crippen molar-refractivity contribution in [2.75, 3.05) is 7.11 Å². The van der Waals surface area contributed by atoms with E-state index in [9.17, 15) is 9.90 Å². The Labute approximate surface area is 190 Å². The highest BCUT2D eigenvalue weighted by Gasteiger charge is 2.15. The lowest BCUT2D eigenvalue weighted by Crippen LogP contribution is -2.02. The number of rotatable bonds is 4. The molecular weight excluding hydrogens is 414 g/mol. The Balaban J connectivity index is 1.68. The molecule has 0 unspecified atom stereocenters. The van der Waals surface area contributed by atoms with Crippen LogP contribution in [0, 0.1) is 0 Å². The van der Waals surface area contributed by atoms with Crippen molar-refractivity contribution in [1.82, 2.24) is 15.0 Å². The molecule has 0 spiro atoms. The molecular formula is C27H19N3O3. The third kappa shape index (κ3) is 4.02. The second-order valence-corrected chi connectivity index (χ2v) is 7.45. The fraction of sp³-hybridized carbons (Fsp3) is 0.0370. The summed E-state index contributed by atoms with van der Waals surface area (Å²) >= 11 is 0. The Kier molecular flexibility index (Phi) is 5.24. The third-order valence-corrected chi connectivity index (χ3v) is 5.35. The molecule has 0 saturated carbocycles. The van der Waals surface area contributed by atoms with Crippen LogP contribution in [0.15, 0.2) is 91.0 Å². The van der Waals surface area contributed by atoms with Gasteiger partial charge in [0.2, 0.25) is 0 Å². The Morgan fingerprint density at radius 3 is 2.03 bits per heavy atom. The van der Waals surface area contributed by atoms with Gasteiger partial charge in [-0.05, 0) is 41.1 Å². The van der Waals surface area contributed by atoms with Crippen molar-refractivity contribution in [3.05, 3.63) is 96.6 Å². The van der Waals surface area contributed by atoms with Crippen LogP contribution in [0.25, 0.3) is 44.9 Å². The van der Waals surface area contributed by atoms with Crippen molar-refractivity contribution in [2.45, 2.75) is 0 Å². The molecule has 0 bridgehead atoms. The standard InChI is InChI=1S/C27H19N3O3/c1-33-27(32)19-13-11-18(12-14-19)24-28-25(21-15-10-17-6-2-3-7-20(17)16-21)30-26(29-24)22-8-4-5-9-23(22)31/h2-16,31H,1H3. The molecule has 6 heteroatoms. The molecule has 160 valence electrons. The highest BCUT2D eigenvalue weighted by Crippen LogP contribution is 2.30. The molecule has 33 heavy (non-hydrogen) atoms. The minimum Gasteiger partial charge on any atom is -0.507 e. The molecule has 0 aliphatic heterocycles. The summed E-state index contributed by atoms with van der Waals surface area (Å²) in [6.45, 7) is 0. The van der Waals surface area contributed by atoms with Crippen LogP contribution in [0.4, 0.5) is 0 Å². The molecule has 0 saturated heterocycles. The van der Waals surface area contributed by atoms with Crippen molar-refractivity contribution in [3.8, 4) is 39.9 Å². The van der Waals surface area contributed by atoms with Gasteiger partial charge in [0.1, 0.15) is 5.75 Å². The molecule has 4 aromatic carbocycles. The maximum Gasteiger partial charge on any atom is 0.337 e. The second-order valence-electron chi connectivity index (χ2n) is 7.45. The number of para-hydroxylation sites is 1. The lowest BCUT2D eigenvalue weighted by Gasteiger charge is -2.10. The number of fused-ring (bicyclic) bond motifs is 1. The van der Waals surface area contributed by atoms with Gasteiger partial charge in [0, 0.05) is 11.1 Å². The average molecular weight is 433 g/mol. The number of esters is 1. The maximum atomic E-state index is 11.8. The first-order valence-electron chi connectivity index (χ1n) is 10.3. The highest BCUT2D eigenvalue weighted by molar-refractivity contribution is 5.90. The molecule has 0 atom stereocenters. The molecule has 0 fully saturated rings. The van der Waals surface area contributed by atoms with Crippen molar-refractivity contribution in [1.29, 1.82) is 0 Å². The fourth-order valence-corrected chi connectivity index (χ4v) is 3.62. The number of phenols is 1. The lowest BCUT2D eigenvalue weighted by molar-refractivity contribution is 0.0600. The Morgan fingerprint density at radius 2 is 1.30 bits per heavy atom. The van der Waals surface area contributed by atoms with Crippen LogP contribution in [0.1, 0.15) is 10.4 Å². The number of benzene rings is 4. The van der Waals surface area contributed by atoms with E-state index >= 15 is 0 Å². The van der Waals surface area contributed by atoms with E-state index in [2.05, 4.69) is 9.97 Å². The molecule has 0 aliphatic rings. The summed E-state index contributed by atoms with van der Waals surface area (Å²) in [7, 11) is 1.34. The van der Waals surface area contributed by atoms with Crippen molar-refractivity contribution in [2.24, 2.45) is 0 Å². The molecule has 5 rings (SSSR count). The van der Waals surface area contributed by atoms with Gasteiger partial charge >= 0.3 is 5.97 Å². The summed E-state index contributed by atoms with van der Waals surface area (Å²) in [5.41, 5.74) is 2.49. The normalized spacial score (nSPS) is 10.8. The van der Waals surface area contributed by atoms with Gasteiger partial charge < -0.3 is 9.84 Å². The van der Waals surface area contributed by atoms with E-state index in [1.165, 1.54) is 7.11 Å². The fourth-order valence-electron chi connectivity index (χ4n) is 3.62. The maximum absolute atomic E-state index is 11.8. The number of carbonyl (C=O) groups excluding carboxylic acids is 1. The van der Waals surface area contributed by atoms with E-state index < -0.39 is 5.97 Å². The number of hydrogen-bond donors (Lipinski definition) is 1. The van der Waals surface area contributed by atoms with Gasteiger partial charge in [0.15, 0.2) is 17.5 Å². The number of carbonyl (C=O) groups is 1. The van der Waals surface area contributed by atoms with Crippen LogP contribution >= 0.6 is 0 Å². The topological polar surface area (TPSA) is 85.2 Å². The van der Waals surface area contributed by atoms with Gasteiger partial charge in [-0.1, -0.05) is 60.7 Å². The van der Waals surface area contributed by atoms with Gasteiger partial charge in [-0.2, -0.15) is 0 Å². The monoisotopic (exact) mass is 433 g/mol. The summed E-state index contributed by atoms with van der Waals surface area (Å²) in [5, 5.41) is 12.6. The van der Waals surface area contributed by atoms with E-state index in [0.29, 0.717) is 34.2 Å². The van der Waals surface area contributed by atoms with Crippen molar-refractivity contribution in [3.63, 3.8) is 0 Å². The molecule has 1 N–H and O–H groups in total. The van der Waals surface area contributed by atoms with Gasteiger partial charge in [-0.25, -0.2) is 19.7 Å². The van der Waals surface area contributed by atoms with Crippen LogP contribution in [0.5, 0.6) is 5.75 Å². The van der Waals surface area contributed by atoms with E-state index in [-0.39, 0.29) is 5.75 Å². The molecule has 0 radical (unpaired) electrons. The highest BCUT2D eigenvalue weighted by atomic mass is 16.5. The smallest absolute Gasteiger partial charge is 0.337 e. The Bertz CT molecular complexity index is 1480. The first-order chi connectivity index (χ1) is 16.1. The van der Waals surface area contributed by atoms with E-state index in [1.54, 1.807) is 42.5 Å². The zero-order valence-corrected chi connectivity index (χ0v) is 17.8. The van der Waals surface area contributed by atoms with Gasteiger partial charge in [-0.3, -0.25) is 0 Å². The molecule has 1 aromatic heterocycles. The zero-order chi connectivity index (χ0) is 22.8. The third-order valence-electron chi connectivity index (χ3n) is 5.35. The predicted octanol–water partition coefficient (Wildman–Crippen LogP) is 5.52. The van der Waals surface area contributed by atoms with Crippen molar-refractivity contribution >= 4 is 16.7 Å². The van der Waals surface area contributed by atoms with Crippen LogP contribution in [0.3, 0.4) is 0 Å². The zero-order valence-electron chi connectivity index (χ0n) is 17.8. The number of aromatic hydroxyl groups is 1. The van der Waals surface area contributed by atoms with Gasteiger partial charge in [0.05, 0.1) is 18.2 Å². The van der Waals surface area contributed by atoms with Crippen LogP contribution < -0.4 is 0 Å². The molecule has 1 heterocycles. The number of hydrogen-bond acceptors (Lipinski definition) is 6. The summed E-state index contributed by atoms with van der Waals surface area (Å²) in [4.78, 5) is 25.8. The number of aromatic nitrogens is 3. The van der Waals surface area contributed by atoms with Gasteiger partial charge in [-0.15, -0.1) is 0 Å². The van der Waals surface area contributed by atoms with Crippen LogP contribution in [-0.4, -0.2) is 33.1 Å². The molecule has 6 nitrogen and oxygen atoms in total. The van der Waals surface area contributed by atoms with Crippen LogP contribution in [0.2, 0.25) is 0 Å². The molecule has 0 aliphatic carbocycles. The molecule has 0 amide bonds. The summed E-state index contributed by atoms with van der Waals surface area (Å²) in [5.74, 6) is 0.950. The predicted molar refractivity (Wildman–Crippen MR) is 127 cm³/mol. The van der Waals surface area contributed by atoms with Gasteiger partial charge in [0.25, 0.3) is 0 Å². The SMILES string of the molecule is COC(=O)c1ccc(-c2nc(-c3ccc4ccccc4c3)nc(-c3ccccc3O)n2)cc1. The Morgan fingerprint density at radius 1 is 0.697 bits per heavy atom. The number of ether oxygens (including phenoxy) is 1. The van der Waals surface area contributed by atoms with E-state index in [0.717, 1.165) is 16.3 Å². The first kappa shape index (κ1) is 20.3. The van der Waals surface area contributed by atoms with E-state index in [4.69, 9.17) is 9.72 Å². The minimum atomic E-state index is -0.413. The van der Waals surface area contributed by atoms with E-state index in [1.807, 2.05) is 48.5 Å². The second kappa shape index (κ2) is 8.51. The molecule has 5 aromatic rings. The quantitative estimate of drug-likeness (QED) is 0.376. The number of methoxy groups -OCH3 is 1.